The lowest BCUT2D eigenvalue weighted by atomic mass is 10.0. The third-order valence-electron chi connectivity index (χ3n) is 5.64. The van der Waals surface area contributed by atoms with Gasteiger partial charge in [0.05, 0.1) is 17.0 Å². The number of benzene rings is 3. The van der Waals surface area contributed by atoms with Crippen LogP contribution in [-0.2, 0) is 17.4 Å². The number of hydrogen-bond donors (Lipinski definition) is 1. The molecule has 1 amide bonds. The Kier molecular flexibility index (Phi) is 9.56. The van der Waals surface area contributed by atoms with Gasteiger partial charge in [-0.05, 0) is 24.1 Å². The number of rotatable bonds is 5. The maximum atomic E-state index is 12.8. The Morgan fingerprint density at radius 3 is 2.26 bits per heavy atom. The monoisotopic (exact) mass is 547 g/mol. The number of nitrogens with zero attached hydrogens (tertiary/aromatic N) is 2. The van der Waals surface area contributed by atoms with Crippen LogP contribution >= 0.6 is 0 Å². The van der Waals surface area contributed by atoms with Gasteiger partial charge in [-0.1, -0.05) is 79.7 Å². The zero-order valence-electron chi connectivity index (χ0n) is 21.1. The third kappa shape index (κ3) is 8.46. The number of anilines is 1. The van der Waals surface area contributed by atoms with Gasteiger partial charge in [-0.2, -0.15) is 26.3 Å². The highest BCUT2D eigenvalue weighted by molar-refractivity contribution is 6.19. The Balaban J connectivity index is 0.000000231. The summed E-state index contributed by atoms with van der Waals surface area (Å²) in [5.41, 5.74) is 8.25. The number of alkyl halides is 6. The van der Waals surface area contributed by atoms with E-state index in [0.717, 1.165) is 29.0 Å². The summed E-state index contributed by atoms with van der Waals surface area (Å²) < 4.78 is 75.7. The van der Waals surface area contributed by atoms with Crippen LogP contribution in [0.25, 0.3) is 0 Å². The number of fused-ring (bicyclic) bond motifs is 1. The lowest BCUT2D eigenvalue weighted by molar-refractivity contribution is -0.137. The quantitative estimate of drug-likeness (QED) is 0.352. The number of carbonyl (C=O) groups excluding carboxylic acids is 1. The first-order valence-electron chi connectivity index (χ1n) is 12.1. The largest absolute Gasteiger partial charge is 0.416 e. The van der Waals surface area contributed by atoms with Gasteiger partial charge >= 0.3 is 12.4 Å². The molecule has 3 aromatic carbocycles. The average Bonchev–Trinajstić information content (AvgIpc) is 3.00. The highest BCUT2D eigenvalue weighted by Gasteiger charge is 2.36. The third-order valence-corrected chi connectivity index (χ3v) is 5.64. The molecule has 0 fully saturated rings. The summed E-state index contributed by atoms with van der Waals surface area (Å²) in [5.74, 6) is -0.666. The van der Waals surface area contributed by atoms with E-state index in [0.29, 0.717) is 29.0 Å². The number of amides is 1. The number of benzodiazepines with no additional fused rings is 1. The van der Waals surface area contributed by atoms with Gasteiger partial charge in [-0.3, -0.25) is 9.79 Å². The van der Waals surface area contributed by atoms with Crippen molar-refractivity contribution < 1.29 is 31.1 Å². The highest BCUT2D eigenvalue weighted by atomic mass is 19.4. The number of halogens is 6. The second-order valence-corrected chi connectivity index (χ2v) is 8.71. The minimum Gasteiger partial charge on any atom is -0.402 e. The normalized spacial score (nSPS) is 14.1. The van der Waals surface area contributed by atoms with Crippen LogP contribution in [0.2, 0.25) is 0 Å². The van der Waals surface area contributed by atoms with Gasteiger partial charge in [-0.25, -0.2) is 0 Å². The first-order valence-corrected chi connectivity index (χ1v) is 12.1. The Bertz CT molecular complexity index is 1330. The van der Waals surface area contributed by atoms with Gasteiger partial charge in [-0.15, -0.1) is 0 Å². The summed E-state index contributed by atoms with van der Waals surface area (Å²) in [7, 11) is 0. The lowest BCUT2D eigenvalue weighted by Crippen LogP contribution is -2.40. The Labute approximate surface area is 222 Å². The van der Waals surface area contributed by atoms with E-state index in [9.17, 15) is 31.1 Å². The molecule has 1 aliphatic rings. The molecule has 0 saturated carbocycles. The first kappa shape index (κ1) is 29.5. The summed E-state index contributed by atoms with van der Waals surface area (Å²) in [4.78, 5) is 17.2. The van der Waals surface area contributed by atoms with Crippen LogP contribution in [0.3, 0.4) is 0 Å². The van der Waals surface area contributed by atoms with Crippen LogP contribution in [0.5, 0.6) is 0 Å². The zero-order chi connectivity index (χ0) is 28.6. The van der Waals surface area contributed by atoms with E-state index in [2.05, 4.69) is 4.99 Å². The molecule has 1 aliphatic heterocycles. The fraction of sp³-hybridized carbons (Fsp3) is 0.241. The molecule has 206 valence electrons. The average molecular weight is 548 g/mol. The standard InChI is InChI=1S/C17H13F3N2O.C12H14F3N/c18-17(19,20)11-22-14-9-5-4-8-13(14)16(21-10-15(22)23)12-6-2-1-3-7-12;1-2-4-11(16)8-9-5-3-6-10(7-9)12(13,14)15/h1-9H,10-11H2;3-7H,2,8,16H2,1H3/b;11-4-. The van der Waals surface area contributed by atoms with Gasteiger partial charge in [0.2, 0.25) is 5.91 Å². The minimum absolute atomic E-state index is 0.231. The fourth-order valence-corrected chi connectivity index (χ4v) is 3.98. The lowest BCUT2D eigenvalue weighted by Gasteiger charge is -2.24. The molecule has 4 nitrogen and oxygen atoms in total. The van der Waals surface area contributed by atoms with Crippen LogP contribution in [0.1, 0.15) is 35.6 Å². The van der Waals surface area contributed by atoms with E-state index in [1.54, 1.807) is 30.3 Å². The molecule has 0 atom stereocenters. The molecule has 0 radical (unpaired) electrons. The molecule has 2 N–H and O–H groups in total. The number of para-hydroxylation sites is 1. The van der Waals surface area contributed by atoms with Crippen molar-refractivity contribution >= 4 is 17.3 Å². The summed E-state index contributed by atoms with van der Waals surface area (Å²) in [6, 6.07) is 20.9. The number of nitrogens with two attached hydrogens (primary N) is 1. The molecule has 1 heterocycles. The van der Waals surface area contributed by atoms with Crippen LogP contribution in [0.4, 0.5) is 32.0 Å². The summed E-state index contributed by atoms with van der Waals surface area (Å²) in [6.07, 6.45) is -5.82. The molecule has 0 bridgehead atoms. The summed E-state index contributed by atoms with van der Waals surface area (Å²) in [5, 5.41) is 0. The topological polar surface area (TPSA) is 58.7 Å². The second kappa shape index (κ2) is 12.6. The number of hydrogen-bond acceptors (Lipinski definition) is 3. The molecule has 0 saturated heterocycles. The van der Waals surface area contributed by atoms with E-state index < -0.39 is 30.4 Å². The van der Waals surface area contributed by atoms with Gasteiger partial charge < -0.3 is 10.6 Å². The Morgan fingerprint density at radius 1 is 0.949 bits per heavy atom. The van der Waals surface area contributed by atoms with Crippen molar-refractivity contribution in [3.05, 3.63) is 113 Å². The maximum absolute atomic E-state index is 12.8. The molecule has 3 aromatic rings. The molecule has 0 spiro atoms. The molecular formula is C29H27F6N3O. The second-order valence-electron chi connectivity index (χ2n) is 8.71. The van der Waals surface area contributed by atoms with Gasteiger partial charge in [0.15, 0.2) is 0 Å². The zero-order valence-corrected chi connectivity index (χ0v) is 21.1. The van der Waals surface area contributed by atoms with Crippen LogP contribution in [0, 0.1) is 0 Å². The predicted octanol–water partition coefficient (Wildman–Crippen LogP) is 6.93. The molecule has 0 unspecified atom stereocenters. The van der Waals surface area contributed by atoms with Gasteiger partial charge in [0, 0.05) is 23.2 Å². The molecule has 4 rings (SSSR count). The van der Waals surface area contributed by atoms with Crippen LogP contribution in [-0.4, -0.2) is 30.9 Å². The minimum atomic E-state index is -4.47. The van der Waals surface area contributed by atoms with Crippen molar-refractivity contribution in [2.45, 2.75) is 32.1 Å². The molecular weight excluding hydrogens is 520 g/mol. The van der Waals surface area contributed by atoms with Crippen molar-refractivity contribution in [3.8, 4) is 0 Å². The maximum Gasteiger partial charge on any atom is 0.416 e. The van der Waals surface area contributed by atoms with E-state index in [1.165, 1.54) is 12.1 Å². The highest BCUT2D eigenvalue weighted by Crippen LogP contribution is 2.31. The van der Waals surface area contributed by atoms with Crippen molar-refractivity contribution in [2.75, 3.05) is 18.0 Å². The number of allylic oxidation sites excluding steroid dienone is 2. The van der Waals surface area contributed by atoms with Crippen molar-refractivity contribution in [2.24, 2.45) is 10.7 Å². The van der Waals surface area contributed by atoms with E-state index in [4.69, 9.17) is 5.73 Å². The SMILES string of the molecule is CC/C=C(\N)Cc1cccc(C(F)(F)F)c1.O=C1CN=C(c2ccccc2)c2ccccc2N1CC(F)(F)F. The molecule has 10 heteroatoms. The van der Waals surface area contributed by atoms with Crippen LogP contribution in [0.15, 0.2) is 95.6 Å². The van der Waals surface area contributed by atoms with Crippen molar-refractivity contribution in [1.82, 2.24) is 0 Å². The molecule has 39 heavy (non-hydrogen) atoms. The van der Waals surface area contributed by atoms with E-state index >= 15 is 0 Å². The summed E-state index contributed by atoms with van der Waals surface area (Å²) >= 11 is 0. The van der Waals surface area contributed by atoms with Gasteiger partial charge in [0.25, 0.3) is 0 Å². The fourth-order valence-electron chi connectivity index (χ4n) is 3.98. The van der Waals surface area contributed by atoms with Crippen molar-refractivity contribution in [1.29, 1.82) is 0 Å². The molecule has 0 aliphatic carbocycles. The molecule has 0 aromatic heterocycles. The van der Waals surface area contributed by atoms with Gasteiger partial charge in [0.1, 0.15) is 13.1 Å². The smallest absolute Gasteiger partial charge is 0.402 e. The number of aliphatic imine (C=N–C) groups is 1. The predicted molar refractivity (Wildman–Crippen MR) is 140 cm³/mol. The Morgan fingerprint density at radius 2 is 1.62 bits per heavy atom. The Hall–Kier alpha value is -4.08. The first-order chi connectivity index (χ1) is 18.4. The van der Waals surface area contributed by atoms with Crippen molar-refractivity contribution in [3.63, 3.8) is 0 Å². The summed E-state index contributed by atoms with van der Waals surface area (Å²) in [6.45, 7) is 0.300. The van der Waals surface area contributed by atoms with Crippen LogP contribution < -0.4 is 10.6 Å². The van der Waals surface area contributed by atoms with E-state index in [1.807, 2.05) is 37.3 Å². The number of carbonyl (C=O) groups is 1. The van der Waals surface area contributed by atoms with E-state index in [-0.39, 0.29) is 12.2 Å².